The van der Waals surface area contributed by atoms with Gasteiger partial charge in [0, 0.05) is 13.7 Å². The van der Waals surface area contributed by atoms with Crippen molar-refractivity contribution in [1.29, 1.82) is 0 Å². The van der Waals surface area contributed by atoms with Gasteiger partial charge in [0.1, 0.15) is 5.75 Å². The lowest BCUT2D eigenvalue weighted by Crippen LogP contribution is -2.19. The minimum absolute atomic E-state index is 0.821. The highest BCUT2D eigenvalue weighted by atomic mass is 16.5. The van der Waals surface area contributed by atoms with Gasteiger partial charge in [0.05, 0.1) is 7.11 Å². The van der Waals surface area contributed by atoms with Gasteiger partial charge in [-0.2, -0.15) is 0 Å². The van der Waals surface area contributed by atoms with Crippen molar-refractivity contribution in [2.24, 2.45) is 0 Å². The van der Waals surface area contributed by atoms with Crippen LogP contribution in [0.4, 0.5) is 0 Å². The first-order chi connectivity index (χ1) is 7.88. The molecule has 0 aliphatic heterocycles. The number of nitrogens with one attached hydrogen (secondary N) is 1. The van der Waals surface area contributed by atoms with Crippen LogP contribution >= 0.6 is 0 Å². The molecule has 0 heterocycles. The Morgan fingerprint density at radius 2 is 1.94 bits per heavy atom. The summed E-state index contributed by atoms with van der Waals surface area (Å²) < 4.78 is 10.3. The molecule has 1 aromatic rings. The summed E-state index contributed by atoms with van der Waals surface area (Å²) in [5.74, 6) is 0.973. The average molecular weight is 223 g/mol. The highest BCUT2D eigenvalue weighted by Gasteiger charge is 2.00. The molecule has 0 spiro atoms. The largest absolute Gasteiger partial charge is 0.496 e. The molecule has 0 aromatic heterocycles. The van der Waals surface area contributed by atoms with Crippen molar-refractivity contribution in [1.82, 2.24) is 5.32 Å². The summed E-state index contributed by atoms with van der Waals surface area (Å²) in [6.07, 6.45) is 2.05. The standard InChI is InChI=1S/C13H21NO2/c1-15-11-5-9-14-10-8-12-6-3-4-7-13(12)16-2/h3-4,6-7,14H,5,8-11H2,1-2H3. The normalized spacial score (nSPS) is 10.4. The Hall–Kier alpha value is -1.06. The first-order valence-electron chi connectivity index (χ1n) is 5.70. The molecular weight excluding hydrogens is 202 g/mol. The van der Waals surface area contributed by atoms with Gasteiger partial charge in [-0.05, 0) is 37.6 Å². The fraction of sp³-hybridized carbons (Fsp3) is 0.538. The molecule has 0 atom stereocenters. The van der Waals surface area contributed by atoms with Crippen LogP contribution in [0.1, 0.15) is 12.0 Å². The quantitative estimate of drug-likeness (QED) is 0.682. The molecule has 0 bridgehead atoms. The van der Waals surface area contributed by atoms with E-state index in [1.54, 1.807) is 14.2 Å². The van der Waals surface area contributed by atoms with Gasteiger partial charge >= 0.3 is 0 Å². The third-order valence-electron chi connectivity index (χ3n) is 2.47. The van der Waals surface area contributed by atoms with Gasteiger partial charge in [-0.3, -0.25) is 0 Å². The van der Waals surface area contributed by atoms with E-state index >= 15 is 0 Å². The molecule has 0 fully saturated rings. The van der Waals surface area contributed by atoms with E-state index in [1.165, 1.54) is 5.56 Å². The average Bonchev–Trinajstić information content (AvgIpc) is 2.34. The smallest absolute Gasteiger partial charge is 0.122 e. The monoisotopic (exact) mass is 223 g/mol. The number of hydrogen-bond donors (Lipinski definition) is 1. The zero-order valence-corrected chi connectivity index (χ0v) is 10.2. The van der Waals surface area contributed by atoms with Crippen LogP contribution in [0.3, 0.4) is 0 Å². The number of para-hydroxylation sites is 1. The maximum absolute atomic E-state index is 5.29. The molecule has 3 nitrogen and oxygen atoms in total. The molecule has 0 aliphatic carbocycles. The second-order valence-corrected chi connectivity index (χ2v) is 3.66. The summed E-state index contributed by atoms with van der Waals surface area (Å²) in [5, 5.41) is 3.38. The fourth-order valence-electron chi connectivity index (χ4n) is 1.60. The van der Waals surface area contributed by atoms with E-state index in [0.29, 0.717) is 0 Å². The second-order valence-electron chi connectivity index (χ2n) is 3.66. The molecule has 16 heavy (non-hydrogen) atoms. The molecule has 0 saturated carbocycles. The van der Waals surface area contributed by atoms with Crippen LogP contribution in [-0.4, -0.2) is 33.9 Å². The molecule has 0 unspecified atom stereocenters. The van der Waals surface area contributed by atoms with Gasteiger partial charge in [-0.1, -0.05) is 18.2 Å². The Bertz CT molecular complexity index is 289. The van der Waals surface area contributed by atoms with E-state index in [2.05, 4.69) is 11.4 Å². The lowest BCUT2D eigenvalue weighted by Gasteiger charge is -2.08. The van der Waals surface area contributed by atoms with E-state index in [-0.39, 0.29) is 0 Å². The topological polar surface area (TPSA) is 30.5 Å². The molecule has 90 valence electrons. The molecule has 3 heteroatoms. The van der Waals surface area contributed by atoms with Crippen LogP contribution in [0.15, 0.2) is 24.3 Å². The Morgan fingerprint density at radius 1 is 1.12 bits per heavy atom. The SMILES string of the molecule is COCCCNCCc1ccccc1OC. The second kappa shape index (κ2) is 8.13. The summed E-state index contributed by atoms with van der Waals surface area (Å²) in [5.41, 5.74) is 1.25. The van der Waals surface area contributed by atoms with Gasteiger partial charge in [-0.25, -0.2) is 0 Å². The van der Waals surface area contributed by atoms with Crippen LogP contribution < -0.4 is 10.1 Å². The molecule has 1 aromatic carbocycles. The first kappa shape index (κ1) is 13.0. The van der Waals surface area contributed by atoms with Crippen LogP contribution in [0.2, 0.25) is 0 Å². The molecule has 0 saturated heterocycles. The van der Waals surface area contributed by atoms with Crippen molar-refractivity contribution < 1.29 is 9.47 Å². The van der Waals surface area contributed by atoms with Crippen molar-refractivity contribution in [2.75, 3.05) is 33.9 Å². The van der Waals surface area contributed by atoms with Crippen LogP contribution in [-0.2, 0) is 11.2 Å². The Labute approximate surface area is 97.8 Å². The minimum atomic E-state index is 0.821. The number of methoxy groups -OCH3 is 2. The van der Waals surface area contributed by atoms with E-state index in [1.807, 2.05) is 18.2 Å². The summed E-state index contributed by atoms with van der Waals surface area (Å²) in [7, 11) is 3.44. The summed E-state index contributed by atoms with van der Waals surface area (Å²) in [6.45, 7) is 2.80. The third kappa shape index (κ3) is 4.64. The van der Waals surface area contributed by atoms with E-state index in [4.69, 9.17) is 9.47 Å². The Balaban J connectivity index is 2.21. The van der Waals surface area contributed by atoms with Crippen LogP contribution in [0.25, 0.3) is 0 Å². The number of benzene rings is 1. The van der Waals surface area contributed by atoms with E-state index < -0.39 is 0 Å². The Kier molecular flexibility index (Phi) is 6.61. The number of ether oxygens (including phenoxy) is 2. The Morgan fingerprint density at radius 3 is 2.69 bits per heavy atom. The van der Waals surface area contributed by atoms with Crippen molar-refractivity contribution in [3.05, 3.63) is 29.8 Å². The van der Waals surface area contributed by atoms with E-state index in [9.17, 15) is 0 Å². The number of hydrogen-bond acceptors (Lipinski definition) is 3. The predicted molar refractivity (Wildman–Crippen MR) is 66.1 cm³/mol. The van der Waals surface area contributed by atoms with E-state index in [0.717, 1.165) is 38.3 Å². The maximum Gasteiger partial charge on any atom is 0.122 e. The molecule has 1 N–H and O–H groups in total. The molecule has 0 radical (unpaired) electrons. The molecule has 0 amide bonds. The number of rotatable bonds is 8. The van der Waals surface area contributed by atoms with Gasteiger partial charge < -0.3 is 14.8 Å². The van der Waals surface area contributed by atoms with Gasteiger partial charge in [0.15, 0.2) is 0 Å². The highest BCUT2D eigenvalue weighted by molar-refractivity contribution is 5.33. The molecule has 0 aliphatic rings. The van der Waals surface area contributed by atoms with Gasteiger partial charge in [0.25, 0.3) is 0 Å². The zero-order chi connectivity index (χ0) is 11.6. The van der Waals surface area contributed by atoms with Crippen molar-refractivity contribution in [3.63, 3.8) is 0 Å². The van der Waals surface area contributed by atoms with Crippen molar-refractivity contribution in [3.8, 4) is 5.75 Å². The highest BCUT2D eigenvalue weighted by Crippen LogP contribution is 2.16. The summed E-state index contributed by atoms with van der Waals surface area (Å²) >= 11 is 0. The van der Waals surface area contributed by atoms with Crippen LogP contribution in [0.5, 0.6) is 5.75 Å². The van der Waals surface area contributed by atoms with Gasteiger partial charge in [0.2, 0.25) is 0 Å². The van der Waals surface area contributed by atoms with Crippen molar-refractivity contribution >= 4 is 0 Å². The molecular formula is C13H21NO2. The van der Waals surface area contributed by atoms with Crippen molar-refractivity contribution in [2.45, 2.75) is 12.8 Å². The fourth-order valence-corrected chi connectivity index (χ4v) is 1.60. The van der Waals surface area contributed by atoms with Gasteiger partial charge in [-0.15, -0.1) is 0 Å². The lowest BCUT2D eigenvalue weighted by molar-refractivity contribution is 0.194. The lowest BCUT2D eigenvalue weighted by atomic mass is 10.1. The first-order valence-corrected chi connectivity index (χ1v) is 5.70. The molecule has 1 rings (SSSR count). The zero-order valence-electron chi connectivity index (χ0n) is 10.2. The van der Waals surface area contributed by atoms with Crippen LogP contribution in [0, 0.1) is 0 Å². The summed E-state index contributed by atoms with van der Waals surface area (Å²) in [6, 6.07) is 8.15. The minimum Gasteiger partial charge on any atom is -0.496 e. The maximum atomic E-state index is 5.29. The third-order valence-corrected chi connectivity index (χ3v) is 2.47. The summed E-state index contributed by atoms with van der Waals surface area (Å²) in [4.78, 5) is 0. The predicted octanol–water partition coefficient (Wildman–Crippen LogP) is 1.86.